The molecule has 1 unspecified atom stereocenters. The summed E-state index contributed by atoms with van der Waals surface area (Å²) in [5.41, 5.74) is 0.997. The van der Waals surface area contributed by atoms with E-state index in [2.05, 4.69) is 4.98 Å². The smallest absolute Gasteiger partial charge is 0.329 e. The van der Waals surface area contributed by atoms with Crippen LogP contribution in [0.15, 0.2) is 53.3 Å². The van der Waals surface area contributed by atoms with Crippen LogP contribution >= 0.6 is 11.6 Å². The van der Waals surface area contributed by atoms with E-state index in [1.54, 1.807) is 49.4 Å². The van der Waals surface area contributed by atoms with Crippen LogP contribution in [0.3, 0.4) is 0 Å². The van der Waals surface area contributed by atoms with E-state index in [0.717, 1.165) is 0 Å². The molecule has 0 N–H and O–H groups in total. The van der Waals surface area contributed by atoms with E-state index in [4.69, 9.17) is 16.3 Å². The summed E-state index contributed by atoms with van der Waals surface area (Å²) >= 11 is 5.99. The lowest BCUT2D eigenvalue weighted by atomic mass is 10.1. The van der Waals surface area contributed by atoms with Gasteiger partial charge in [0.2, 0.25) is 0 Å². The first-order chi connectivity index (χ1) is 12.9. The number of rotatable bonds is 5. The summed E-state index contributed by atoms with van der Waals surface area (Å²) in [6.07, 6.45) is 0. The zero-order chi connectivity index (χ0) is 19.6. The second-order valence-corrected chi connectivity index (χ2v) is 7.27. The summed E-state index contributed by atoms with van der Waals surface area (Å²) in [5.74, 6) is 0.158. The number of aromatic nitrogens is 2. The number of para-hydroxylation sites is 1. The van der Waals surface area contributed by atoms with Gasteiger partial charge in [-0.3, -0.25) is 9.36 Å². The number of halogens is 1. The molecule has 3 aromatic rings. The second-order valence-electron chi connectivity index (χ2n) is 6.83. The van der Waals surface area contributed by atoms with Crippen LogP contribution in [0.4, 0.5) is 0 Å². The molecular formula is C21H21ClN2O3. The van der Waals surface area contributed by atoms with E-state index in [0.29, 0.717) is 33.9 Å². The van der Waals surface area contributed by atoms with Crippen LogP contribution in [0.1, 0.15) is 26.8 Å². The monoisotopic (exact) mass is 384 g/mol. The molecule has 3 rings (SSSR count). The lowest BCUT2D eigenvalue weighted by Gasteiger charge is -2.19. The maximum Gasteiger partial charge on any atom is 0.329 e. The molecule has 0 fully saturated rings. The molecule has 0 saturated carbocycles. The van der Waals surface area contributed by atoms with Gasteiger partial charge in [-0.05, 0) is 49.2 Å². The molecule has 1 aromatic heterocycles. The lowest BCUT2D eigenvalue weighted by molar-refractivity contribution is -0.148. The van der Waals surface area contributed by atoms with Crippen LogP contribution in [0.25, 0.3) is 22.3 Å². The van der Waals surface area contributed by atoms with E-state index in [-0.39, 0.29) is 11.5 Å². The quantitative estimate of drug-likeness (QED) is 0.608. The van der Waals surface area contributed by atoms with Crippen molar-refractivity contribution in [1.29, 1.82) is 0 Å². The zero-order valence-corrected chi connectivity index (χ0v) is 16.2. The fourth-order valence-corrected chi connectivity index (χ4v) is 2.91. The summed E-state index contributed by atoms with van der Waals surface area (Å²) in [6, 6.07) is 13.3. The Kier molecular flexibility index (Phi) is 5.61. The number of carbonyl (C=O) groups is 1. The van der Waals surface area contributed by atoms with Crippen LogP contribution < -0.4 is 5.56 Å². The highest BCUT2D eigenvalue weighted by Crippen LogP contribution is 2.24. The molecule has 6 heteroatoms. The molecule has 0 aliphatic heterocycles. The SMILES string of the molecule is CC(C)COC(=O)C(C)n1c(-c2ccc(Cl)cc2)nc2ccccc2c1=O. The zero-order valence-electron chi connectivity index (χ0n) is 15.5. The number of benzene rings is 2. The van der Waals surface area contributed by atoms with Gasteiger partial charge in [-0.2, -0.15) is 0 Å². The molecule has 0 bridgehead atoms. The normalized spacial score (nSPS) is 12.3. The Morgan fingerprint density at radius 1 is 1.11 bits per heavy atom. The van der Waals surface area contributed by atoms with E-state index in [9.17, 15) is 9.59 Å². The van der Waals surface area contributed by atoms with Crippen molar-refractivity contribution in [2.24, 2.45) is 5.92 Å². The van der Waals surface area contributed by atoms with Crippen molar-refractivity contribution in [3.05, 3.63) is 63.9 Å². The van der Waals surface area contributed by atoms with Crippen molar-refractivity contribution < 1.29 is 9.53 Å². The van der Waals surface area contributed by atoms with Crippen molar-refractivity contribution >= 4 is 28.5 Å². The average molecular weight is 385 g/mol. The van der Waals surface area contributed by atoms with Crippen molar-refractivity contribution in [3.63, 3.8) is 0 Å². The molecule has 1 atom stereocenters. The molecular weight excluding hydrogens is 364 g/mol. The van der Waals surface area contributed by atoms with Crippen LogP contribution in [0.2, 0.25) is 5.02 Å². The van der Waals surface area contributed by atoms with Gasteiger partial charge in [0, 0.05) is 10.6 Å². The maximum absolute atomic E-state index is 13.2. The third-order valence-corrected chi connectivity index (χ3v) is 4.45. The standard InChI is InChI=1S/C21H21ClN2O3/c1-13(2)12-27-21(26)14(3)24-19(15-8-10-16(22)11-9-15)23-18-7-5-4-6-17(18)20(24)25/h4-11,13-14H,12H2,1-3H3. The minimum Gasteiger partial charge on any atom is -0.464 e. The molecule has 140 valence electrons. The van der Waals surface area contributed by atoms with Crippen LogP contribution in [-0.2, 0) is 9.53 Å². The molecule has 0 aliphatic carbocycles. The van der Waals surface area contributed by atoms with Gasteiger partial charge in [0.15, 0.2) is 0 Å². The summed E-state index contributed by atoms with van der Waals surface area (Å²) in [4.78, 5) is 30.4. The topological polar surface area (TPSA) is 61.2 Å². The Morgan fingerprint density at radius 2 is 1.78 bits per heavy atom. The van der Waals surface area contributed by atoms with Crippen molar-refractivity contribution in [2.75, 3.05) is 6.61 Å². The number of carbonyl (C=O) groups excluding carboxylic acids is 1. The number of hydrogen-bond donors (Lipinski definition) is 0. The molecule has 1 heterocycles. The van der Waals surface area contributed by atoms with E-state index < -0.39 is 12.0 Å². The Bertz CT molecular complexity index is 1030. The van der Waals surface area contributed by atoms with Gasteiger partial charge in [0.1, 0.15) is 11.9 Å². The van der Waals surface area contributed by atoms with Gasteiger partial charge in [-0.15, -0.1) is 0 Å². The summed E-state index contributed by atoms with van der Waals surface area (Å²) in [5, 5.41) is 1.04. The Morgan fingerprint density at radius 3 is 2.44 bits per heavy atom. The molecule has 0 amide bonds. The first-order valence-corrected chi connectivity index (χ1v) is 9.20. The summed E-state index contributed by atoms with van der Waals surface area (Å²) < 4.78 is 6.75. The lowest BCUT2D eigenvalue weighted by Crippen LogP contribution is -2.32. The van der Waals surface area contributed by atoms with Gasteiger partial charge >= 0.3 is 5.97 Å². The first-order valence-electron chi connectivity index (χ1n) is 8.82. The molecule has 2 aromatic carbocycles. The average Bonchev–Trinajstić information content (AvgIpc) is 2.66. The Labute approximate surface area is 162 Å². The highest BCUT2D eigenvalue weighted by Gasteiger charge is 2.24. The van der Waals surface area contributed by atoms with Crippen molar-refractivity contribution in [3.8, 4) is 11.4 Å². The number of fused-ring (bicyclic) bond motifs is 1. The second kappa shape index (κ2) is 7.92. The fraction of sp³-hybridized carbons (Fsp3) is 0.286. The molecule has 5 nitrogen and oxygen atoms in total. The Hall–Kier alpha value is -2.66. The van der Waals surface area contributed by atoms with Gasteiger partial charge in [0.05, 0.1) is 17.5 Å². The number of ether oxygens (including phenoxy) is 1. The van der Waals surface area contributed by atoms with Gasteiger partial charge in [0.25, 0.3) is 5.56 Å². The van der Waals surface area contributed by atoms with E-state index in [1.165, 1.54) is 4.57 Å². The third kappa shape index (κ3) is 4.03. The Balaban J connectivity index is 2.18. The molecule has 27 heavy (non-hydrogen) atoms. The third-order valence-electron chi connectivity index (χ3n) is 4.20. The van der Waals surface area contributed by atoms with Gasteiger partial charge < -0.3 is 4.74 Å². The number of esters is 1. The highest BCUT2D eigenvalue weighted by atomic mass is 35.5. The number of hydrogen-bond acceptors (Lipinski definition) is 4. The van der Waals surface area contributed by atoms with Crippen LogP contribution in [0.5, 0.6) is 0 Å². The fourth-order valence-electron chi connectivity index (χ4n) is 2.78. The molecule has 0 spiro atoms. The highest BCUT2D eigenvalue weighted by molar-refractivity contribution is 6.30. The number of nitrogens with zero attached hydrogens (tertiary/aromatic N) is 2. The maximum atomic E-state index is 13.2. The molecule has 0 aliphatic rings. The predicted molar refractivity (Wildman–Crippen MR) is 107 cm³/mol. The van der Waals surface area contributed by atoms with Crippen molar-refractivity contribution in [2.45, 2.75) is 26.8 Å². The summed E-state index contributed by atoms with van der Waals surface area (Å²) in [6.45, 7) is 5.87. The minimum absolute atomic E-state index is 0.211. The van der Waals surface area contributed by atoms with E-state index in [1.807, 2.05) is 19.9 Å². The van der Waals surface area contributed by atoms with Crippen LogP contribution in [0, 0.1) is 5.92 Å². The van der Waals surface area contributed by atoms with Crippen molar-refractivity contribution in [1.82, 2.24) is 9.55 Å². The van der Waals surface area contributed by atoms with E-state index >= 15 is 0 Å². The minimum atomic E-state index is -0.806. The predicted octanol–water partition coefficient (Wildman–Crippen LogP) is 4.48. The molecule has 0 saturated heterocycles. The largest absolute Gasteiger partial charge is 0.464 e. The van der Waals surface area contributed by atoms with Gasteiger partial charge in [-0.1, -0.05) is 37.6 Å². The first kappa shape index (κ1) is 19.1. The molecule has 0 radical (unpaired) electrons. The summed E-state index contributed by atoms with van der Waals surface area (Å²) in [7, 11) is 0. The van der Waals surface area contributed by atoms with Crippen LogP contribution in [-0.4, -0.2) is 22.1 Å². The van der Waals surface area contributed by atoms with Gasteiger partial charge in [-0.25, -0.2) is 9.78 Å².